The zero-order valence-electron chi connectivity index (χ0n) is 13.5. The van der Waals surface area contributed by atoms with Gasteiger partial charge in [0.25, 0.3) is 5.91 Å². The Morgan fingerprint density at radius 1 is 1.28 bits per heavy atom. The topological polar surface area (TPSA) is 92.8 Å². The SMILES string of the molecule is CNC(=O)COC(=O)C1CCN(S(=O)(=O)c2cccc(Cl)c2Cl)CC1. The van der Waals surface area contributed by atoms with E-state index in [-0.39, 0.29) is 34.6 Å². The Labute approximate surface area is 156 Å². The van der Waals surface area contributed by atoms with Gasteiger partial charge in [0.1, 0.15) is 4.90 Å². The smallest absolute Gasteiger partial charge is 0.309 e. The van der Waals surface area contributed by atoms with Crippen LogP contribution in [0.3, 0.4) is 0 Å². The Morgan fingerprint density at radius 2 is 1.92 bits per heavy atom. The Balaban J connectivity index is 2.00. The molecule has 138 valence electrons. The highest BCUT2D eigenvalue weighted by Gasteiger charge is 2.34. The van der Waals surface area contributed by atoms with Crippen molar-refractivity contribution in [3.63, 3.8) is 0 Å². The lowest BCUT2D eigenvalue weighted by molar-refractivity contribution is -0.153. The van der Waals surface area contributed by atoms with E-state index in [0.717, 1.165) is 0 Å². The van der Waals surface area contributed by atoms with Crippen LogP contribution in [0, 0.1) is 5.92 Å². The molecular formula is C15H18Cl2N2O5S. The third-order valence-corrected chi connectivity index (χ3v) is 6.82. The number of ether oxygens (including phenoxy) is 1. The van der Waals surface area contributed by atoms with Crippen molar-refractivity contribution >= 4 is 45.1 Å². The maximum absolute atomic E-state index is 12.7. The highest BCUT2D eigenvalue weighted by molar-refractivity contribution is 7.89. The van der Waals surface area contributed by atoms with Crippen LogP contribution in [0.1, 0.15) is 12.8 Å². The van der Waals surface area contributed by atoms with Crippen molar-refractivity contribution in [2.24, 2.45) is 5.92 Å². The first-order valence-electron chi connectivity index (χ1n) is 7.58. The summed E-state index contributed by atoms with van der Waals surface area (Å²) in [7, 11) is -2.35. The van der Waals surface area contributed by atoms with Gasteiger partial charge in [-0.25, -0.2) is 8.42 Å². The number of sulfonamides is 1. The number of piperidine rings is 1. The first kappa shape index (κ1) is 20.0. The van der Waals surface area contributed by atoms with Crippen molar-refractivity contribution in [1.82, 2.24) is 9.62 Å². The first-order chi connectivity index (χ1) is 11.8. The number of esters is 1. The number of carbonyl (C=O) groups excluding carboxylic acids is 2. The van der Waals surface area contributed by atoms with Crippen molar-refractivity contribution in [3.8, 4) is 0 Å². The number of nitrogens with one attached hydrogen (secondary N) is 1. The third-order valence-electron chi connectivity index (χ3n) is 3.95. The molecule has 1 saturated heterocycles. The lowest BCUT2D eigenvalue weighted by Crippen LogP contribution is -2.41. The van der Waals surface area contributed by atoms with E-state index in [0.29, 0.717) is 12.8 Å². The summed E-state index contributed by atoms with van der Waals surface area (Å²) in [6.45, 7) is -0.0260. The van der Waals surface area contributed by atoms with Crippen LogP contribution in [-0.4, -0.2) is 51.3 Å². The van der Waals surface area contributed by atoms with Gasteiger partial charge in [0, 0.05) is 20.1 Å². The van der Waals surface area contributed by atoms with Gasteiger partial charge in [-0.3, -0.25) is 9.59 Å². The molecule has 2 rings (SSSR count). The van der Waals surface area contributed by atoms with E-state index >= 15 is 0 Å². The van der Waals surface area contributed by atoms with E-state index in [9.17, 15) is 18.0 Å². The number of halogens is 2. The average Bonchev–Trinajstić information content (AvgIpc) is 2.61. The van der Waals surface area contributed by atoms with Crippen molar-refractivity contribution < 1.29 is 22.7 Å². The molecule has 0 aromatic heterocycles. The summed E-state index contributed by atoms with van der Waals surface area (Å²) in [5.41, 5.74) is 0. The molecule has 0 spiro atoms. The van der Waals surface area contributed by atoms with Gasteiger partial charge in [0.05, 0.1) is 16.0 Å². The molecule has 0 aliphatic carbocycles. The van der Waals surface area contributed by atoms with E-state index in [2.05, 4.69) is 5.32 Å². The molecule has 0 atom stereocenters. The summed E-state index contributed by atoms with van der Waals surface area (Å²) < 4.78 is 31.6. The van der Waals surface area contributed by atoms with Crippen LogP contribution in [0.5, 0.6) is 0 Å². The summed E-state index contributed by atoms with van der Waals surface area (Å²) in [5.74, 6) is -1.34. The number of benzene rings is 1. The van der Waals surface area contributed by atoms with Gasteiger partial charge in [-0.05, 0) is 25.0 Å². The molecule has 0 unspecified atom stereocenters. The van der Waals surface area contributed by atoms with Crippen LogP contribution in [0.2, 0.25) is 10.0 Å². The molecule has 1 fully saturated rings. The van der Waals surface area contributed by atoms with Gasteiger partial charge in [-0.15, -0.1) is 0 Å². The lowest BCUT2D eigenvalue weighted by Gasteiger charge is -2.30. The molecule has 1 amide bonds. The molecule has 0 bridgehead atoms. The van der Waals surface area contributed by atoms with Gasteiger partial charge in [-0.2, -0.15) is 4.31 Å². The van der Waals surface area contributed by atoms with Crippen molar-refractivity contribution in [2.45, 2.75) is 17.7 Å². The predicted molar refractivity (Wildman–Crippen MR) is 93.0 cm³/mol. The molecule has 10 heteroatoms. The Hall–Kier alpha value is -1.35. The summed E-state index contributed by atoms with van der Waals surface area (Å²) >= 11 is 11.9. The highest BCUT2D eigenvalue weighted by atomic mass is 35.5. The fourth-order valence-corrected chi connectivity index (χ4v) is 4.69. The van der Waals surface area contributed by atoms with Crippen LogP contribution in [0.25, 0.3) is 0 Å². The molecule has 1 aliphatic heterocycles. The van der Waals surface area contributed by atoms with E-state index in [1.165, 1.54) is 29.6 Å². The lowest BCUT2D eigenvalue weighted by atomic mass is 9.98. The first-order valence-corrected chi connectivity index (χ1v) is 9.78. The molecule has 25 heavy (non-hydrogen) atoms. The largest absolute Gasteiger partial charge is 0.455 e. The standard InChI is InChI=1S/C15H18Cl2N2O5S/c1-18-13(20)9-24-15(21)10-5-7-19(8-6-10)25(22,23)12-4-2-3-11(16)14(12)17/h2-4,10H,5-9H2,1H3,(H,18,20). The minimum atomic E-state index is -3.79. The summed E-state index contributed by atoms with van der Waals surface area (Å²) in [5, 5.41) is 2.50. The maximum atomic E-state index is 12.7. The number of nitrogens with zero attached hydrogens (tertiary/aromatic N) is 1. The molecule has 0 saturated carbocycles. The van der Waals surface area contributed by atoms with Gasteiger partial charge in [0.2, 0.25) is 10.0 Å². The minimum absolute atomic E-state index is 0.0173. The number of likely N-dealkylation sites (N-methyl/N-ethyl adjacent to an activating group) is 1. The van der Waals surface area contributed by atoms with Crippen LogP contribution in [0.4, 0.5) is 0 Å². The van der Waals surface area contributed by atoms with E-state index in [1.807, 2.05) is 0 Å². The zero-order chi connectivity index (χ0) is 18.6. The van der Waals surface area contributed by atoms with E-state index in [1.54, 1.807) is 0 Å². The third kappa shape index (κ3) is 4.63. The van der Waals surface area contributed by atoms with Crippen LogP contribution < -0.4 is 5.32 Å². The molecule has 1 aliphatic rings. The quantitative estimate of drug-likeness (QED) is 0.748. The number of carbonyl (C=O) groups is 2. The maximum Gasteiger partial charge on any atom is 0.309 e. The monoisotopic (exact) mass is 408 g/mol. The van der Waals surface area contributed by atoms with Gasteiger partial charge in [-0.1, -0.05) is 29.3 Å². The van der Waals surface area contributed by atoms with Gasteiger partial charge < -0.3 is 10.1 Å². The fraction of sp³-hybridized carbons (Fsp3) is 0.467. The Morgan fingerprint density at radius 3 is 2.52 bits per heavy atom. The second-order valence-electron chi connectivity index (χ2n) is 5.51. The molecule has 0 radical (unpaired) electrons. The molecule has 1 heterocycles. The molecular weight excluding hydrogens is 391 g/mol. The van der Waals surface area contributed by atoms with Crippen molar-refractivity contribution in [1.29, 1.82) is 0 Å². The number of hydrogen-bond acceptors (Lipinski definition) is 5. The normalized spacial score (nSPS) is 16.4. The summed E-state index contributed by atoms with van der Waals surface area (Å²) in [4.78, 5) is 23.0. The van der Waals surface area contributed by atoms with E-state index < -0.39 is 27.8 Å². The van der Waals surface area contributed by atoms with Gasteiger partial charge in [0.15, 0.2) is 6.61 Å². The Kier molecular flexibility index (Phi) is 6.67. The van der Waals surface area contributed by atoms with Gasteiger partial charge >= 0.3 is 5.97 Å². The van der Waals surface area contributed by atoms with Crippen LogP contribution in [0.15, 0.2) is 23.1 Å². The fourth-order valence-electron chi connectivity index (χ4n) is 2.48. The highest BCUT2D eigenvalue weighted by Crippen LogP contribution is 2.32. The number of amides is 1. The van der Waals surface area contributed by atoms with Crippen LogP contribution in [-0.2, 0) is 24.3 Å². The number of rotatable bonds is 5. The number of hydrogen-bond donors (Lipinski definition) is 1. The van der Waals surface area contributed by atoms with Crippen molar-refractivity contribution in [2.75, 3.05) is 26.7 Å². The zero-order valence-corrected chi connectivity index (χ0v) is 15.8. The van der Waals surface area contributed by atoms with Crippen LogP contribution >= 0.6 is 23.2 Å². The minimum Gasteiger partial charge on any atom is -0.455 e. The van der Waals surface area contributed by atoms with Crippen molar-refractivity contribution in [3.05, 3.63) is 28.2 Å². The molecule has 1 aromatic carbocycles. The predicted octanol–water partition coefficient (Wildman–Crippen LogP) is 1.68. The second kappa shape index (κ2) is 8.35. The molecule has 7 nitrogen and oxygen atoms in total. The second-order valence-corrected chi connectivity index (χ2v) is 8.20. The summed E-state index contributed by atoms with van der Waals surface area (Å²) in [6.07, 6.45) is 0.619. The molecule has 1 N–H and O–H groups in total. The average molecular weight is 409 g/mol. The Bertz CT molecular complexity index is 761. The summed E-state index contributed by atoms with van der Waals surface area (Å²) in [6, 6.07) is 4.43. The molecule has 1 aromatic rings. The van der Waals surface area contributed by atoms with E-state index in [4.69, 9.17) is 27.9 Å².